The van der Waals surface area contributed by atoms with Gasteiger partial charge in [-0.3, -0.25) is 4.79 Å². The van der Waals surface area contributed by atoms with Crippen molar-refractivity contribution in [3.8, 4) is 5.75 Å². The monoisotopic (exact) mass is 410 g/mol. The maximum Gasteiger partial charge on any atom is 0.387 e. The van der Waals surface area contributed by atoms with Gasteiger partial charge in [0.1, 0.15) is 5.75 Å². The van der Waals surface area contributed by atoms with Crippen molar-refractivity contribution >= 4 is 27.1 Å². The van der Waals surface area contributed by atoms with Gasteiger partial charge in [-0.1, -0.05) is 18.2 Å². The second-order valence-corrected chi connectivity index (χ2v) is 8.64. The van der Waals surface area contributed by atoms with Crippen molar-refractivity contribution in [1.82, 2.24) is 0 Å². The molecule has 1 N–H and O–H groups in total. The number of para-hydroxylation sites is 1. The molecule has 1 aliphatic rings. The van der Waals surface area contributed by atoms with Crippen LogP contribution in [-0.2, 0) is 14.6 Å². The lowest BCUT2D eigenvalue weighted by Gasteiger charge is -2.28. The normalized spacial score (nSPS) is 18.0. The van der Waals surface area contributed by atoms with Gasteiger partial charge in [0, 0.05) is 11.4 Å². The summed E-state index contributed by atoms with van der Waals surface area (Å²) in [4.78, 5) is 14.4. The highest BCUT2D eigenvalue weighted by Gasteiger charge is 2.35. The van der Waals surface area contributed by atoms with Crippen LogP contribution >= 0.6 is 0 Å². The number of sulfone groups is 1. The number of hydrogen-bond donors (Lipinski definition) is 1. The molecular weight excluding hydrogens is 390 g/mol. The zero-order valence-electron chi connectivity index (χ0n) is 14.9. The second-order valence-electron chi connectivity index (χ2n) is 6.41. The molecule has 0 aliphatic carbocycles. The summed E-state index contributed by atoms with van der Waals surface area (Å²) in [6.45, 7) is -2.97. The lowest BCUT2D eigenvalue weighted by atomic mass is 10.1. The number of hydrogen-bond acceptors (Lipinski definition) is 5. The number of carbonyl (C=O) groups excluding carboxylic acids is 1. The number of rotatable bonds is 7. The van der Waals surface area contributed by atoms with Gasteiger partial charge in [-0.05, 0) is 42.8 Å². The van der Waals surface area contributed by atoms with Crippen LogP contribution in [0, 0.1) is 0 Å². The molecule has 9 heteroatoms. The predicted molar refractivity (Wildman–Crippen MR) is 103 cm³/mol. The average Bonchev–Trinajstić information content (AvgIpc) is 3.01. The van der Waals surface area contributed by atoms with E-state index in [0.717, 1.165) is 0 Å². The van der Waals surface area contributed by atoms with E-state index in [1.807, 2.05) is 6.07 Å². The molecule has 3 rings (SSSR count). The van der Waals surface area contributed by atoms with E-state index in [1.54, 1.807) is 24.3 Å². The number of nitrogens with one attached hydrogen (secondary N) is 1. The maximum absolute atomic E-state index is 12.9. The zero-order valence-corrected chi connectivity index (χ0v) is 15.7. The lowest BCUT2D eigenvalue weighted by molar-refractivity contribution is -0.117. The average molecular weight is 410 g/mol. The summed E-state index contributed by atoms with van der Waals surface area (Å²) in [5, 5.41) is 2.94. The van der Waals surface area contributed by atoms with Gasteiger partial charge in [-0.2, -0.15) is 8.78 Å². The van der Waals surface area contributed by atoms with Gasteiger partial charge in [0.2, 0.25) is 5.91 Å². The van der Waals surface area contributed by atoms with E-state index in [2.05, 4.69) is 10.1 Å². The van der Waals surface area contributed by atoms with Crippen molar-refractivity contribution in [3.63, 3.8) is 0 Å². The first-order valence-corrected chi connectivity index (χ1v) is 10.5. The van der Waals surface area contributed by atoms with E-state index in [9.17, 15) is 22.0 Å². The Labute approximate surface area is 162 Å². The van der Waals surface area contributed by atoms with Crippen LogP contribution in [0.5, 0.6) is 5.75 Å². The minimum atomic E-state index is -3.15. The van der Waals surface area contributed by atoms with Gasteiger partial charge >= 0.3 is 6.61 Å². The quantitative estimate of drug-likeness (QED) is 0.760. The van der Waals surface area contributed by atoms with Crippen LogP contribution in [0.25, 0.3) is 0 Å². The van der Waals surface area contributed by atoms with Crippen molar-refractivity contribution in [2.75, 3.05) is 28.3 Å². The van der Waals surface area contributed by atoms with E-state index in [-0.39, 0.29) is 29.7 Å². The second kappa shape index (κ2) is 8.55. The molecule has 2 aromatic rings. The van der Waals surface area contributed by atoms with Crippen molar-refractivity contribution in [2.24, 2.45) is 0 Å². The Morgan fingerprint density at radius 3 is 2.39 bits per heavy atom. The lowest BCUT2D eigenvalue weighted by Crippen LogP contribution is -2.44. The van der Waals surface area contributed by atoms with Gasteiger partial charge in [-0.15, -0.1) is 0 Å². The van der Waals surface area contributed by atoms with Crippen LogP contribution in [0.2, 0.25) is 0 Å². The van der Waals surface area contributed by atoms with Crippen molar-refractivity contribution < 1.29 is 26.7 Å². The SMILES string of the molecule is O=C(CNc1ccc(OC(F)F)cc1)N(c1ccccc1)C1CCS(=O)(=O)C1. The number of halogens is 2. The zero-order chi connectivity index (χ0) is 20.1. The van der Waals surface area contributed by atoms with Crippen molar-refractivity contribution in [2.45, 2.75) is 19.1 Å². The third kappa shape index (κ3) is 5.19. The predicted octanol–water partition coefficient (Wildman–Crippen LogP) is 2.92. The number of alkyl halides is 2. The highest BCUT2D eigenvalue weighted by atomic mass is 32.2. The highest BCUT2D eigenvalue weighted by Crippen LogP contribution is 2.25. The van der Waals surface area contributed by atoms with Crippen molar-refractivity contribution in [1.29, 1.82) is 0 Å². The van der Waals surface area contributed by atoms with Crippen LogP contribution in [-0.4, -0.2) is 45.0 Å². The fraction of sp³-hybridized carbons (Fsp3) is 0.316. The molecule has 1 saturated heterocycles. The number of ether oxygens (including phenoxy) is 1. The van der Waals surface area contributed by atoms with Gasteiger partial charge < -0.3 is 15.0 Å². The van der Waals surface area contributed by atoms with Crippen molar-refractivity contribution in [3.05, 3.63) is 54.6 Å². The van der Waals surface area contributed by atoms with E-state index in [1.165, 1.54) is 29.2 Å². The molecule has 6 nitrogen and oxygen atoms in total. The minimum Gasteiger partial charge on any atom is -0.435 e. The molecule has 1 amide bonds. The minimum absolute atomic E-state index is 0.0222. The van der Waals surface area contributed by atoms with E-state index >= 15 is 0 Å². The molecule has 28 heavy (non-hydrogen) atoms. The molecule has 1 fully saturated rings. The Morgan fingerprint density at radius 1 is 1.14 bits per heavy atom. The molecule has 1 aliphatic heterocycles. The topological polar surface area (TPSA) is 75.7 Å². The molecule has 1 atom stereocenters. The Balaban J connectivity index is 1.69. The van der Waals surface area contributed by atoms with Gasteiger partial charge in [0.15, 0.2) is 9.84 Å². The third-order valence-electron chi connectivity index (χ3n) is 4.40. The van der Waals surface area contributed by atoms with E-state index in [0.29, 0.717) is 17.8 Å². The smallest absolute Gasteiger partial charge is 0.387 e. The van der Waals surface area contributed by atoms with E-state index in [4.69, 9.17) is 0 Å². The fourth-order valence-corrected chi connectivity index (χ4v) is 4.84. The summed E-state index contributed by atoms with van der Waals surface area (Å²) in [6, 6.07) is 14.3. The summed E-state index contributed by atoms with van der Waals surface area (Å²) in [5.74, 6) is -0.254. The molecule has 0 radical (unpaired) electrons. The first-order valence-electron chi connectivity index (χ1n) is 8.70. The van der Waals surface area contributed by atoms with Crippen LogP contribution < -0.4 is 15.0 Å². The molecule has 0 aromatic heterocycles. The molecule has 0 spiro atoms. The Morgan fingerprint density at radius 2 is 1.82 bits per heavy atom. The standard InChI is InChI=1S/C19H20F2N2O4S/c20-19(21)27-17-8-6-14(7-9-17)22-12-18(24)23(15-4-2-1-3-5-15)16-10-11-28(25,26)13-16/h1-9,16,19,22H,10-13H2. The number of nitrogens with zero attached hydrogens (tertiary/aromatic N) is 1. The first-order chi connectivity index (χ1) is 13.3. The Hall–Kier alpha value is -2.68. The summed E-state index contributed by atoms with van der Waals surface area (Å²) in [5.41, 5.74) is 1.19. The van der Waals surface area contributed by atoms with Crippen LogP contribution in [0.15, 0.2) is 54.6 Å². The summed E-state index contributed by atoms with van der Waals surface area (Å²) < 4.78 is 52.4. The summed E-state index contributed by atoms with van der Waals surface area (Å²) in [7, 11) is -3.15. The summed E-state index contributed by atoms with van der Waals surface area (Å²) in [6.07, 6.45) is 0.391. The van der Waals surface area contributed by atoms with E-state index < -0.39 is 22.5 Å². The third-order valence-corrected chi connectivity index (χ3v) is 6.15. The van der Waals surface area contributed by atoms with Crippen LogP contribution in [0.3, 0.4) is 0 Å². The molecule has 150 valence electrons. The van der Waals surface area contributed by atoms with Gasteiger partial charge in [-0.25, -0.2) is 8.42 Å². The number of carbonyl (C=O) groups is 1. The maximum atomic E-state index is 12.9. The number of benzene rings is 2. The molecule has 2 aromatic carbocycles. The molecule has 0 saturated carbocycles. The van der Waals surface area contributed by atoms with Gasteiger partial charge in [0.25, 0.3) is 0 Å². The Bertz CT molecular complexity index is 905. The molecular formula is C19H20F2N2O4S. The van der Waals surface area contributed by atoms with Crippen LogP contribution in [0.1, 0.15) is 6.42 Å². The van der Waals surface area contributed by atoms with Crippen LogP contribution in [0.4, 0.5) is 20.2 Å². The molecule has 1 heterocycles. The number of amides is 1. The molecule has 0 bridgehead atoms. The highest BCUT2D eigenvalue weighted by molar-refractivity contribution is 7.91. The number of anilines is 2. The van der Waals surface area contributed by atoms with Gasteiger partial charge in [0.05, 0.1) is 24.1 Å². The molecule has 1 unspecified atom stereocenters. The summed E-state index contributed by atoms with van der Waals surface area (Å²) >= 11 is 0. The first kappa shape index (κ1) is 20.1. The largest absolute Gasteiger partial charge is 0.435 e. The Kier molecular flexibility index (Phi) is 6.13. The fourth-order valence-electron chi connectivity index (χ4n) is 3.14.